The van der Waals surface area contributed by atoms with Gasteiger partial charge < -0.3 is 10.4 Å². The van der Waals surface area contributed by atoms with E-state index in [1.165, 1.54) is 25.7 Å². The van der Waals surface area contributed by atoms with Crippen LogP contribution in [0.15, 0.2) is 0 Å². The van der Waals surface area contributed by atoms with Gasteiger partial charge in [-0.25, -0.2) is 0 Å². The number of carbonyl (C=O) groups excluding carboxylic acids is 1. The van der Waals surface area contributed by atoms with Crippen LogP contribution < -0.4 is 5.32 Å². The Morgan fingerprint density at radius 3 is 2.12 bits per heavy atom. The molecule has 0 aromatic rings. The number of carbonyl (C=O) groups is 1. The average Bonchev–Trinajstić information content (AvgIpc) is 3.14. The summed E-state index contributed by atoms with van der Waals surface area (Å²) in [6.45, 7) is 0. The van der Waals surface area contributed by atoms with E-state index < -0.39 is 0 Å². The van der Waals surface area contributed by atoms with E-state index in [-0.39, 0.29) is 24.0 Å². The molecule has 3 fully saturated rings. The first-order valence-corrected chi connectivity index (χ1v) is 7.24. The first kappa shape index (κ1) is 11.5. The van der Waals surface area contributed by atoms with Crippen LogP contribution in [0.5, 0.6) is 0 Å². The van der Waals surface area contributed by atoms with Gasteiger partial charge in [0, 0.05) is 5.92 Å². The Morgan fingerprint density at radius 1 is 1.00 bits per heavy atom. The summed E-state index contributed by atoms with van der Waals surface area (Å²) in [6.07, 6.45) is 8.68. The van der Waals surface area contributed by atoms with Crippen LogP contribution in [0.3, 0.4) is 0 Å². The van der Waals surface area contributed by atoms with E-state index in [9.17, 15) is 9.90 Å². The number of nitrogens with one attached hydrogen (secondary N) is 1. The molecule has 0 bridgehead atoms. The van der Waals surface area contributed by atoms with Crippen LogP contribution >= 0.6 is 0 Å². The normalized spacial score (nSPS) is 33.8. The Kier molecular flexibility index (Phi) is 3.12. The molecular formula is C14H23NO2. The van der Waals surface area contributed by atoms with Crippen molar-refractivity contribution in [1.82, 2.24) is 5.32 Å². The lowest BCUT2D eigenvalue weighted by molar-refractivity contribution is -0.128. The predicted molar refractivity (Wildman–Crippen MR) is 65.3 cm³/mol. The maximum Gasteiger partial charge on any atom is 0.223 e. The molecule has 3 nitrogen and oxygen atoms in total. The van der Waals surface area contributed by atoms with Crippen molar-refractivity contribution >= 4 is 5.91 Å². The smallest absolute Gasteiger partial charge is 0.223 e. The van der Waals surface area contributed by atoms with E-state index in [0.717, 1.165) is 25.7 Å². The van der Waals surface area contributed by atoms with E-state index in [1.807, 2.05) is 0 Å². The lowest BCUT2D eigenvalue weighted by Gasteiger charge is -2.30. The van der Waals surface area contributed by atoms with Crippen molar-refractivity contribution in [2.24, 2.45) is 17.8 Å². The summed E-state index contributed by atoms with van der Waals surface area (Å²) in [6, 6.07) is 0.0243. The predicted octanol–water partition coefficient (Wildman–Crippen LogP) is 1.84. The maximum atomic E-state index is 12.3. The summed E-state index contributed by atoms with van der Waals surface area (Å²) in [7, 11) is 0. The van der Waals surface area contributed by atoms with E-state index in [2.05, 4.69) is 5.32 Å². The fourth-order valence-electron chi connectivity index (χ4n) is 3.28. The van der Waals surface area contributed by atoms with Gasteiger partial charge in [0.2, 0.25) is 5.91 Å². The SMILES string of the molecule is O=C(NC1CCCCC1O)C(C1CC1)C1CC1. The number of hydrogen-bond acceptors (Lipinski definition) is 2. The Hall–Kier alpha value is -0.570. The van der Waals surface area contributed by atoms with E-state index >= 15 is 0 Å². The van der Waals surface area contributed by atoms with Crippen LogP contribution in [0.1, 0.15) is 51.4 Å². The quantitative estimate of drug-likeness (QED) is 0.784. The summed E-state index contributed by atoms with van der Waals surface area (Å²) >= 11 is 0. The number of aliphatic hydroxyl groups excluding tert-OH is 1. The van der Waals surface area contributed by atoms with E-state index in [1.54, 1.807) is 0 Å². The average molecular weight is 237 g/mol. The standard InChI is InChI=1S/C14H23NO2/c16-12-4-2-1-3-11(12)15-14(17)13(9-5-6-9)10-7-8-10/h9-13,16H,1-8H2,(H,15,17). The van der Waals surface area contributed by atoms with Gasteiger partial charge in [-0.1, -0.05) is 12.8 Å². The molecule has 0 aromatic heterocycles. The molecule has 3 heteroatoms. The van der Waals surface area contributed by atoms with Crippen molar-refractivity contribution in [2.75, 3.05) is 0 Å². The molecule has 0 heterocycles. The fraction of sp³-hybridized carbons (Fsp3) is 0.929. The second-order valence-electron chi connectivity index (χ2n) is 6.17. The van der Waals surface area contributed by atoms with Gasteiger partial charge in [-0.05, 0) is 50.4 Å². The van der Waals surface area contributed by atoms with Crippen LogP contribution in [0, 0.1) is 17.8 Å². The highest BCUT2D eigenvalue weighted by Crippen LogP contribution is 2.49. The zero-order valence-electron chi connectivity index (χ0n) is 10.4. The third-order valence-electron chi connectivity index (χ3n) is 4.62. The van der Waals surface area contributed by atoms with Gasteiger partial charge in [-0.2, -0.15) is 0 Å². The maximum absolute atomic E-state index is 12.3. The summed E-state index contributed by atoms with van der Waals surface area (Å²) in [5, 5.41) is 13.0. The molecule has 0 radical (unpaired) electrons. The molecule has 3 aliphatic rings. The summed E-state index contributed by atoms with van der Waals surface area (Å²) in [4.78, 5) is 12.3. The highest BCUT2D eigenvalue weighted by Gasteiger charge is 2.46. The van der Waals surface area contributed by atoms with Crippen LogP contribution in [0.25, 0.3) is 0 Å². The lowest BCUT2D eigenvalue weighted by Crippen LogP contribution is -2.47. The molecule has 3 aliphatic carbocycles. The molecular weight excluding hydrogens is 214 g/mol. The Balaban J connectivity index is 1.57. The molecule has 17 heavy (non-hydrogen) atoms. The first-order chi connectivity index (χ1) is 8.25. The fourth-order valence-corrected chi connectivity index (χ4v) is 3.28. The minimum absolute atomic E-state index is 0.0243. The van der Waals surface area contributed by atoms with Crippen molar-refractivity contribution in [3.8, 4) is 0 Å². The van der Waals surface area contributed by atoms with E-state index in [4.69, 9.17) is 0 Å². The van der Waals surface area contributed by atoms with Crippen molar-refractivity contribution in [3.05, 3.63) is 0 Å². The zero-order valence-corrected chi connectivity index (χ0v) is 10.4. The molecule has 2 atom stereocenters. The molecule has 3 saturated carbocycles. The van der Waals surface area contributed by atoms with Gasteiger partial charge in [0.05, 0.1) is 12.1 Å². The van der Waals surface area contributed by atoms with Crippen LogP contribution in [-0.4, -0.2) is 23.2 Å². The molecule has 0 aliphatic heterocycles. The van der Waals surface area contributed by atoms with Gasteiger partial charge in [0.15, 0.2) is 0 Å². The Morgan fingerprint density at radius 2 is 1.59 bits per heavy atom. The van der Waals surface area contributed by atoms with Gasteiger partial charge in [-0.3, -0.25) is 4.79 Å². The number of hydrogen-bond donors (Lipinski definition) is 2. The summed E-state index contributed by atoms with van der Waals surface area (Å²) < 4.78 is 0. The molecule has 2 N–H and O–H groups in total. The van der Waals surface area contributed by atoms with Gasteiger partial charge in [0.1, 0.15) is 0 Å². The van der Waals surface area contributed by atoms with Crippen LogP contribution in [0.4, 0.5) is 0 Å². The summed E-state index contributed by atoms with van der Waals surface area (Å²) in [5.74, 6) is 1.82. The van der Waals surface area contributed by atoms with Gasteiger partial charge in [-0.15, -0.1) is 0 Å². The van der Waals surface area contributed by atoms with E-state index in [0.29, 0.717) is 11.8 Å². The lowest BCUT2D eigenvalue weighted by atomic mass is 9.90. The van der Waals surface area contributed by atoms with Crippen LogP contribution in [0.2, 0.25) is 0 Å². The monoisotopic (exact) mass is 237 g/mol. The van der Waals surface area contributed by atoms with Crippen molar-refractivity contribution in [3.63, 3.8) is 0 Å². The third kappa shape index (κ3) is 2.65. The van der Waals surface area contributed by atoms with Crippen molar-refractivity contribution < 1.29 is 9.90 Å². The molecule has 1 amide bonds. The summed E-state index contributed by atoms with van der Waals surface area (Å²) in [5.41, 5.74) is 0. The highest BCUT2D eigenvalue weighted by molar-refractivity contribution is 5.80. The van der Waals surface area contributed by atoms with Crippen LogP contribution in [-0.2, 0) is 4.79 Å². The minimum Gasteiger partial charge on any atom is -0.391 e. The molecule has 0 saturated heterocycles. The highest BCUT2D eigenvalue weighted by atomic mass is 16.3. The third-order valence-corrected chi connectivity index (χ3v) is 4.62. The molecule has 0 aromatic carbocycles. The van der Waals surface area contributed by atoms with Crippen molar-refractivity contribution in [1.29, 1.82) is 0 Å². The Bertz CT molecular complexity index is 285. The molecule has 0 spiro atoms. The molecule has 3 rings (SSSR count). The number of amides is 1. The number of rotatable bonds is 4. The number of aliphatic hydroxyl groups is 1. The molecule has 2 unspecified atom stereocenters. The molecule has 96 valence electrons. The minimum atomic E-state index is -0.313. The van der Waals surface area contributed by atoms with Gasteiger partial charge >= 0.3 is 0 Å². The van der Waals surface area contributed by atoms with Crippen molar-refractivity contribution in [2.45, 2.75) is 63.5 Å². The Labute approximate surface area is 103 Å². The second kappa shape index (κ2) is 4.60. The first-order valence-electron chi connectivity index (χ1n) is 7.24. The second-order valence-corrected chi connectivity index (χ2v) is 6.17. The topological polar surface area (TPSA) is 49.3 Å². The zero-order chi connectivity index (χ0) is 11.8. The largest absolute Gasteiger partial charge is 0.391 e. The van der Waals surface area contributed by atoms with Gasteiger partial charge in [0.25, 0.3) is 0 Å².